The molecule has 0 saturated carbocycles. The third kappa shape index (κ3) is 2.35. The van der Waals surface area contributed by atoms with E-state index < -0.39 is 6.10 Å². The number of rotatable bonds is 5. The second-order valence-corrected chi connectivity index (χ2v) is 3.77. The Hall–Kier alpha value is -1.90. The minimum atomic E-state index is -0.630. The van der Waals surface area contributed by atoms with Gasteiger partial charge >= 0.3 is 0 Å². The van der Waals surface area contributed by atoms with E-state index in [1.807, 2.05) is 0 Å². The van der Waals surface area contributed by atoms with Crippen LogP contribution in [0.1, 0.15) is 5.69 Å². The molecule has 0 bridgehead atoms. The molecule has 98 valence electrons. The van der Waals surface area contributed by atoms with Gasteiger partial charge in [-0.3, -0.25) is 4.57 Å². The van der Waals surface area contributed by atoms with Crippen molar-refractivity contribution in [3.63, 3.8) is 0 Å². The van der Waals surface area contributed by atoms with Crippen molar-refractivity contribution in [2.24, 2.45) is 10.7 Å². The first-order valence-electron chi connectivity index (χ1n) is 5.34. The molecule has 0 spiro atoms. The zero-order valence-electron chi connectivity index (χ0n) is 9.70. The lowest BCUT2D eigenvalue weighted by Gasteiger charge is -2.16. The molecular weight excluding hydrogens is 238 g/mol. The van der Waals surface area contributed by atoms with E-state index in [9.17, 15) is 0 Å². The van der Waals surface area contributed by atoms with E-state index in [1.54, 1.807) is 4.57 Å². The highest BCUT2D eigenvalue weighted by atomic mass is 16.5. The number of nitrogens with one attached hydrogen (secondary N) is 1. The summed E-state index contributed by atoms with van der Waals surface area (Å²) in [7, 11) is 0. The predicted molar refractivity (Wildman–Crippen MR) is 64.7 cm³/mol. The number of aromatic nitrogens is 2. The lowest BCUT2D eigenvalue weighted by atomic mass is 10.3. The summed E-state index contributed by atoms with van der Waals surface area (Å²) in [6, 6.07) is 0. The number of imidazole rings is 1. The monoisotopic (exact) mass is 253 g/mol. The van der Waals surface area contributed by atoms with Crippen molar-refractivity contribution in [1.29, 1.82) is 0 Å². The Morgan fingerprint density at radius 2 is 2.22 bits per heavy atom. The summed E-state index contributed by atoms with van der Waals surface area (Å²) in [5, 5.41) is 20.6. The van der Waals surface area contributed by atoms with Gasteiger partial charge in [-0.25, -0.2) is 4.98 Å². The SMILES string of the molecule is C=C1NC(N)=Nc2c1ncn2COC(CO)CO. The molecule has 0 aromatic carbocycles. The van der Waals surface area contributed by atoms with Crippen molar-refractivity contribution < 1.29 is 14.9 Å². The van der Waals surface area contributed by atoms with E-state index in [0.717, 1.165) is 0 Å². The molecule has 2 rings (SSSR count). The van der Waals surface area contributed by atoms with E-state index in [0.29, 0.717) is 17.2 Å². The Kier molecular flexibility index (Phi) is 3.60. The normalized spacial score (nSPS) is 14.4. The van der Waals surface area contributed by atoms with Gasteiger partial charge in [-0.2, -0.15) is 4.99 Å². The highest BCUT2D eigenvalue weighted by Gasteiger charge is 2.19. The molecule has 1 aromatic heterocycles. The Labute approximate surface area is 103 Å². The predicted octanol–water partition coefficient (Wildman–Crippen LogP) is -1.27. The van der Waals surface area contributed by atoms with Gasteiger partial charge in [0.1, 0.15) is 18.5 Å². The van der Waals surface area contributed by atoms with Gasteiger partial charge in [0.15, 0.2) is 11.8 Å². The van der Waals surface area contributed by atoms with E-state index in [4.69, 9.17) is 20.7 Å². The van der Waals surface area contributed by atoms with Crippen molar-refractivity contribution in [1.82, 2.24) is 14.9 Å². The lowest BCUT2D eigenvalue weighted by molar-refractivity contribution is -0.0494. The van der Waals surface area contributed by atoms with E-state index >= 15 is 0 Å². The van der Waals surface area contributed by atoms with Gasteiger partial charge in [0, 0.05) is 0 Å². The van der Waals surface area contributed by atoms with E-state index in [1.165, 1.54) is 6.33 Å². The number of hydrogen-bond acceptors (Lipinski definition) is 7. The molecule has 5 N–H and O–H groups in total. The van der Waals surface area contributed by atoms with Crippen LogP contribution in [0.25, 0.3) is 5.70 Å². The van der Waals surface area contributed by atoms with Crippen LogP contribution >= 0.6 is 0 Å². The minimum absolute atomic E-state index is 0.109. The standard InChI is InChI=1S/C10H15N5O3/c1-6-8-9(14-10(11)13-6)15(4-12-8)5-18-7(2-16)3-17/h4,7,16-17H,1-3,5H2,(H3,11,13,14). The molecule has 2 heterocycles. The molecule has 1 aliphatic rings. The summed E-state index contributed by atoms with van der Waals surface area (Å²) < 4.78 is 6.90. The fraction of sp³-hybridized carbons (Fsp3) is 0.400. The molecule has 1 aliphatic heterocycles. The minimum Gasteiger partial charge on any atom is -0.394 e. The van der Waals surface area contributed by atoms with Gasteiger partial charge in [-0.05, 0) is 0 Å². The van der Waals surface area contributed by atoms with Crippen LogP contribution in [0.2, 0.25) is 0 Å². The average molecular weight is 253 g/mol. The number of aliphatic imine (C=N–C) groups is 1. The Bertz CT molecular complexity index is 478. The van der Waals surface area contributed by atoms with E-state index in [-0.39, 0.29) is 25.9 Å². The first-order valence-corrected chi connectivity index (χ1v) is 5.34. The van der Waals surface area contributed by atoms with Gasteiger partial charge < -0.3 is 26.0 Å². The Morgan fingerprint density at radius 3 is 2.89 bits per heavy atom. The molecule has 0 saturated heterocycles. The third-order valence-corrected chi connectivity index (χ3v) is 2.46. The van der Waals surface area contributed by atoms with Gasteiger partial charge in [0.25, 0.3) is 0 Å². The summed E-state index contributed by atoms with van der Waals surface area (Å²) >= 11 is 0. The number of aliphatic hydroxyl groups is 2. The largest absolute Gasteiger partial charge is 0.394 e. The van der Waals surface area contributed by atoms with Crippen molar-refractivity contribution in [3.8, 4) is 0 Å². The van der Waals surface area contributed by atoms with Crippen molar-refractivity contribution in [3.05, 3.63) is 18.6 Å². The number of ether oxygens (including phenoxy) is 1. The molecular formula is C10H15N5O3. The Morgan fingerprint density at radius 1 is 1.50 bits per heavy atom. The van der Waals surface area contributed by atoms with Gasteiger partial charge in [-0.1, -0.05) is 6.58 Å². The van der Waals surface area contributed by atoms with Gasteiger partial charge in [0.05, 0.1) is 25.2 Å². The van der Waals surface area contributed by atoms with Crippen LogP contribution < -0.4 is 11.1 Å². The summed E-state index contributed by atoms with van der Waals surface area (Å²) in [5.74, 6) is 0.765. The number of guanidine groups is 1. The van der Waals surface area contributed by atoms with Crippen molar-refractivity contribution in [2.75, 3.05) is 13.2 Å². The van der Waals surface area contributed by atoms with Gasteiger partial charge in [0.2, 0.25) is 0 Å². The second kappa shape index (κ2) is 5.17. The number of fused-ring (bicyclic) bond motifs is 1. The number of nitrogens with zero attached hydrogens (tertiary/aromatic N) is 3. The summed E-state index contributed by atoms with van der Waals surface area (Å²) in [6.07, 6.45) is 0.903. The first kappa shape index (κ1) is 12.6. The van der Waals surface area contributed by atoms with Crippen LogP contribution in [-0.2, 0) is 11.5 Å². The van der Waals surface area contributed by atoms with Crippen LogP contribution in [0, 0.1) is 0 Å². The molecule has 0 atom stereocenters. The quantitative estimate of drug-likeness (QED) is 0.519. The van der Waals surface area contributed by atoms with Crippen LogP contribution in [-0.4, -0.2) is 45.0 Å². The summed E-state index contributed by atoms with van der Waals surface area (Å²) in [5.41, 5.74) is 6.75. The number of hydrogen-bond donors (Lipinski definition) is 4. The second-order valence-electron chi connectivity index (χ2n) is 3.77. The summed E-state index contributed by atoms with van der Waals surface area (Å²) in [4.78, 5) is 8.24. The first-order chi connectivity index (χ1) is 8.65. The van der Waals surface area contributed by atoms with Crippen molar-refractivity contribution in [2.45, 2.75) is 12.8 Å². The molecule has 8 heteroatoms. The topological polar surface area (TPSA) is 118 Å². The maximum Gasteiger partial charge on any atom is 0.199 e. The molecule has 18 heavy (non-hydrogen) atoms. The number of nitrogens with two attached hydrogens (primary N) is 1. The van der Waals surface area contributed by atoms with Crippen molar-refractivity contribution >= 4 is 17.5 Å². The van der Waals surface area contributed by atoms with Crippen LogP contribution in [0.4, 0.5) is 5.82 Å². The molecule has 0 amide bonds. The number of aliphatic hydroxyl groups excluding tert-OH is 2. The Balaban J connectivity index is 2.15. The molecule has 1 aromatic rings. The zero-order valence-corrected chi connectivity index (χ0v) is 9.70. The molecule has 0 unspecified atom stereocenters. The highest BCUT2D eigenvalue weighted by molar-refractivity contribution is 5.93. The fourth-order valence-electron chi connectivity index (χ4n) is 1.51. The molecule has 0 radical (unpaired) electrons. The maximum absolute atomic E-state index is 8.90. The van der Waals surface area contributed by atoms with Crippen LogP contribution in [0.5, 0.6) is 0 Å². The summed E-state index contributed by atoms with van der Waals surface area (Å²) in [6.45, 7) is 3.37. The molecule has 8 nitrogen and oxygen atoms in total. The zero-order chi connectivity index (χ0) is 13.1. The highest BCUT2D eigenvalue weighted by Crippen LogP contribution is 2.26. The van der Waals surface area contributed by atoms with E-state index in [2.05, 4.69) is 21.9 Å². The third-order valence-electron chi connectivity index (χ3n) is 2.46. The lowest BCUT2D eigenvalue weighted by Crippen LogP contribution is -2.32. The van der Waals surface area contributed by atoms with Crippen LogP contribution in [0.15, 0.2) is 17.9 Å². The average Bonchev–Trinajstić information content (AvgIpc) is 2.74. The molecule has 0 fully saturated rings. The van der Waals surface area contributed by atoms with Crippen LogP contribution in [0.3, 0.4) is 0 Å². The smallest absolute Gasteiger partial charge is 0.199 e. The van der Waals surface area contributed by atoms with Gasteiger partial charge in [-0.15, -0.1) is 0 Å². The molecule has 0 aliphatic carbocycles. The fourth-order valence-corrected chi connectivity index (χ4v) is 1.51. The maximum atomic E-state index is 8.90.